The minimum Gasteiger partial charge on any atom is -0.487 e. The van der Waals surface area contributed by atoms with Crippen LogP contribution in [0.4, 0.5) is 0 Å². The summed E-state index contributed by atoms with van der Waals surface area (Å²) in [6.45, 7) is 2.15. The summed E-state index contributed by atoms with van der Waals surface area (Å²) in [6.07, 6.45) is 6.30. The number of thioether (sulfide) groups is 1. The van der Waals surface area contributed by atoms with Gasteiger partial charge in [-0.1, -0.05) is 18.2 Å². The molecule has 0 amide bonds. The van der Waals surface area contributed by atoms with Crippen molar-refractivity contribution in [3.05, 3.63) is 59.9 Å². The van der Waals surface area contributed by atoms with E-state index in [1.165, 1.54) is 17.7 Å². The Hall–Kier alpha value is -2.21. The van der Waals surface area contributed by atoms with Crippen LogP contribution in [0.2, 0.25) is 0 Å². The van der Waals surface area contributed by atoms with Gasteiger partial charge in [0.2, 0.25) is 0 Å². The van der Waals surface area contributed by atoms with Crippen molar-refractivity contribution in [2.75, 3.05) is 25.6 Å². The number of hydrogen-bond donors (Lipinski definition) is 2. The van der Waals surface area contributed by atoms with E-state index in [4.69, 9.17) is 4.74 Å². The Kier molecular flexibility index (Phi) is 9.43. The maximum atomic E-state index is 5.76. The summed E-state index contributed by atoms with van der Waals surface area (Å²) >= 11 is 1.89. The number of rotatable bonds is 10. The zero-order valence-corrected chi connectivity index (χ0v) is 16.4. The van der Waals surface area contributed by atoms with Crippen LogP contribution in [0.25, 0.3) is 0 Å². The maximum Gasteiger partial charge on any atom is 0.191 e. The maximum absolute atomic E-state index is 5.76. The SMILES string of the molecule is CN=C(NCCCCSC)NCc1ccc(OCc2ccccn2)cc1. The van der Waals surface area contributed by atoms with E-state index >= 15 is 0 Å². The molecule has 0 aliphatic heterocycles. The average Bonchev–Trinajstić information content (AvgIpc) is 2.70. The van der Waals surface area contributed by atoms with Crippen molar-refractivity contribution in [1.29, 1.82) is 0 Å². The second-order valence-corrected chi connectivity index (χ2v) is 6.79. The van der Waals surface area contributed by atoms with Gasteiger partial charge in [0.25, 0.3) is 0 Å². The Balaban J connectivity index is 1.70. The Morgan fingerprint density at radius 1 is 1.12 bits per heavy atom. The molecule has 0 bridgehead atoms. The smallest absolute Gasteiger partial charge is 0.191 e. The number of nitrogens with one attached hydrogen (secondary N) is 2. The monoisotopic (exact) mass is 372 g/mol. The first-order valence-electron chi connectivity index (χ1n) is 8.87. The predicted octanol–water partition coefficient (Wildman–Crippen LogP) is 3.47. The lowest BCUT2D eigenvalue weighted by Crippen LogP contribution is -2.37. The molecule has 0 aliphatic rings. The number of nitrogens with zero attached hydrogens (tertiary/aromatic N) is 2. The number of aliphatic imine (C=N–C) groups is 1. The van der Waals surface area contributed by atoms with Crippen LogP contribution in [0.15, 0.2) is 53.7 Å². The number of guanidine groups is 1. The van der Waals surface area contributed by atoms with Gasteiger partial charge in [-0.3, -0.25) is 9.98 Å². The molecule has 0 saturated carbocycles. The van der Waals surface area contributed by atoms with Crippen LogP contribution in [0.1, 0.15) is 24.1 Å². The van der Waals surface area contributed by atoms with Crippen LogP contribution in [0.3, 0.4) is 0 Å². The highest BCUT2D eigenvalue weighted by Gasteiger charge is 2.00. The fourth-order valence-corrected chi connectivity index (χ4v) is 2.82. The highest BCUT2D eigenvalue weighted by molar-refractivity contribution is 7.98. The van der Waals surface area contributed by atoms with Gasteiger partial charge in [0.15, 0.2) is 5.96 Å². The Morgan fingerprint density at radius 2 is 1.96 bits per heavy atom. The summed E-state index contributed by atoms with van der Waals surface area (Å²) in [5.41, 5.74) is 2.10. The Bertz CT molecular complexity index is 647. The molecule has 0 atom stereocenters. The molecule has 0 saturated heterocycles. The van der Waals surface area contributed by atoms with E-state index in [2.05, 4.69) is 39.0 Å². The van der Waals surface area contributed by atoms with E-state index in [1.807, 2.05) is 42.1 Å². The van der Waals surface area contributed by atoms with Crippen LogP contribution < -0.4 is 15.4 Å². The van der Waals surface area contributed by atoms with E-state index in [-0.39, 0.29) is 0 Å². The molecule has 2 N–H and O–H groups in total. The molecule has 0 aliphatic carbocycles. The highest BCUT2D eigenvalue weighted by Crippen LogP contribution is 2.13. The summed E-state index contributed by atoms with van der Waals surface area (Å²) < 4.78 is 5.76. The summed E-state index contributed by atoms with van der Waals surface area (Å²) in [7, 11) is 1.80. The number of ether oxygens (including phenoxy) is 1. The van der Waals surface area contributed by atoms with Gasteiger partial charge in [0, 0.05) is 26.3 Å². The summed E-state index contributed by atoms with van der Waals surface area (Å²) in [5.74, 6) is 2.89. The van der Waals surface area contributed by atoms with E-state index in [9.17, 15) is 0 Å². The Labute approximate surface area is 160 Å². The molecule has 6 heteroatoms. The zero-order chi connectivity index (χ0) is 18.5. The third kappa shape index (κ3) is 7.78. The average molecular weight is 373 g/mol. The predicted molar refractivity (Wildman–Crippen MR) is 111 cm³/mol. The second-order valence-electron chi connectivity index (χ2n) is 5.81. The molecular formula is C20H28N4OS. The van der Waals surface area contributed by atoms with E-state index in [0.29, 0.717) is 6.61 Å². The topological polar surface area (TPSA) is 58.5 Å². The van der Waals surface area contributed by atoms with Crippen LogP contribution in [-0.2, 0) is 13.2 Å². The number of aromatic nitrogens is 1. The second kappa shape index (κ2) is 12.2. The molecule has 5 nitrogen and oxygen atoms in total. The van der Waals surface area contributed by atoms with E-state index < -0.39 is 0 Å². The number of benzene rings is 1. The van der Waals surface area contributed by atoms with Crippen molar-refractivity contribution in [3.63, 3.8) is 0 Å². The minimum atomic E-state index is 0.478. The molecule has 26 heavy (non-hydrogen) atoms. The Morgan fingerprint density at radius 3 is 2.65 bits per heavy atom. The van der Waals surface area contributed by atoms with Gasteiger partial charge in [-0.2, -0.15) is 11.8 Å². The van der Waals surface area contributed by atoms with Crippen molar-refractivity contribution >= 4 is 17.7 Å². The highest BCUT2D eigenvalue weighted by atomic mass is 32.2. The van der Waals surface area contributed by atoms with Crippen LogP contribution in [-0.4, -0.2) is 36.5 Å². The molecule has 2 rings (SSSR count). The zero-order valence-electron chi connectivity index (χ0n) is 15.6. The molecule has 1 heterocycles. The molecule has 2 aromatic rings. The van der Waals surface area contributed by atoms with Gasteiger partial charge >= 0.3 is 0 Å². The molecule has 0 radical (unpaired) electrons. The quantitative estimate of drug-likeness (QED) is 0.380. The standard InChI is InChI=1S/C20H28N4OS/c1-21-20(23-13-5-6-14-26-2)24-15-17-8-10-19(11-9-17)25-16-18-7-3-4-12-22-18/h3-4,7-12H,5-6,13-16H2,1-2H3,(H2,21,23,24). The fourth-order valence-electron chi connectivity index (χ4n) is 2.33. The van der Waals surface area contributed by atoms with Crippen molar-refractivity contribution in [1.82, 2.24) is 15.6 Å². The molecule has 1 aromatic carbocycles. The number of hydrogen-bond acceptors (Lipinski definition) is 4. The van der Waals surface area contributed by atoms with Gasteiger partial charge in [-0.05, 0) is 54.7 Å². The first kappa shape index (κ1) is 20.1. The van der Waals surface area contributed by atoms with Crippen molar-refractivity contribution in [2.24, 2.45) is 4.99 Å². The van der Waals surface area contributed by atoms with Crippen LogP contribution in [0, 0.1) is 0 Å². The van der Waals surface area contributed by atoms with Gasteiger partial charge < -0.3 is 15.4 Å². The lowest BCUT2D eigenvalue weighted by molar-refractivity contribution is 0.301. The lowest BCUT2D eigenvalue weighted by Gasteiger charge is -2.12. The van der Waals surface area contributed by atoms with Gasteiger partial charge in [0.05, 0.1) is 5.69 Å². The van der Waals surface area contributed by atoms with Gasteiger partial charge in [-0.25, -0.2) is 0 Å². The molecule has 0 spiro atoms. The van der Waals surface area contributed by atoms with Crippen molar-refractivity contribution in [3.8, 4) is 5.75 Å². The molecule has 140 valence electrons. The van der Waals surface area contributed by atoms with Gasteiger partial charge in [0.1, 0.15) is 12.4 Å². The summed E-state index contributed by atoms with van der Waals surface area (Å²) in [5, 5.41) is 6.68. The normalized spacial score (nSPS) is 11.2. The lowest BCUT2D eigenvalue weighted by atomic mass is 10.2. The largest absolute Gasteiger partial charge is 0.487 e. The third-order valence-electron chi connectivity index (χ3n) is 3.79. The van der Waals surface area contributed by atoms with Crippen LogP contribution in [0.5, 0.6) is 5.75 Å². The first-order chi connectivity index (χ1) is 12.8. The minimum absolute atomic E-state index is 0.478. The summed E-state index contributed by atoms with van der Waals surface area (Å²) in [6, 6.07) is 13.9. The number of pyridine rings is 1. The third-order valence-corrected chi connectivity index (χ3v) is 4.48. The first-order valence-corrected chi connectivity index (χ1v) is 10.3. The van der Waals surface area contributed by atoms with Crippen molar-refractivity contribution < 1.29 is 4.74 Å². The van der Waals surface area contributed by atoms with Gasteiger partial charge in [-0.15, -0.1) is 0 Å². The summed E-state index contributed by atoms with van der Waals surface area (Å²) in [4.78, 5) is 8.51. The molecule has 1 aromatic heterocycles. The molecule has 0 fully saturated rings. The van der Waals surface area contributed by atoms with Crippen LogP contribution >= 0.6 is 11.8 Å². The molecule has 0 unspecified atom stereocenters. The number of unbranched alkanes of at least 4 members (excludes halogenated alkanes) is 1. The van der Waals surface area contributed by atoms with Crippen molar-refractivity contribution in [2.45, 2.75) is 26.0 Å². The van der Waals surface area contributed by atoms with E-state index in [1.54, 1.807) is 13.2 Å². The van der Waals surface area contributed by atoms with E-state index in [0.717, 1.165) is 36.9 Å². The fraction of sp³-hybridized carbons (Fsp3) is 0.400. The molecular weight excluding hydrogens is 344 g/mol.